The Balaban J connectivity index is 2.00. The van der Waals surface area contributed by atoms with E-state index < -0.39 is 14.7 Å². The number of nitrogens with zero attached hydrogens (tertiary/aromatic N) is 1. The van der Waals surface area contributed by atoms with Crippen molar-refractivity contribution in [3.63, 3.8) is 0 Å². The van der Waals surface area contributed by atoms with Gasteiger partial charge in [0.2, 0.25) is 9.84 Å². The van der Waals surface area contributed by atoms with E-state index in [9.17, 15) is 13.7 Å². The maximum Gasteiger partial charge on any atom is 0.216 e. The van der Waals surface area contributed by atoms with Gasteiger partial charge in [0.05, 0.1) is 12.0 Å². The Morgan fingerprint density at radius 3 is 2.39 bits per heavy atom. The monoisotopic (exact) mass is 517 g/mol. The molecule has 0 bridgehead atoms. The third kappa shape index (κ3) is 5.47. The van der Waals surface area contributed by atoms with E-state index in [4.69, 9.17) is 21.1 Å². The summed E-state index contributed by atoms with van der Waals surface area (Å²) in [7, 11) is -2.54. The van der Waals surface area contributed by atoms with Crippen LogP contribution in [0.2, 0.25) is 5.02 Å². The first-order valence-corrected chi connectivity index (χ1v) is 11.7. The highest BCUT2D eigenvalue weighted by molar-refractivity contribution is 9.10. The fourth-order valence-electron chi connectivity index (χ4n) is 2.75. The highest BCUT2D eigenvalue weighted by Crippen LogP contribution is 2.34. The van der Waals surface area contributed by atoms with Crippen LogP contribution in [0.3, 0.4) is 0 Å². The fraction of sp³-hybridized carbons (Fsp3) is 0.0870. The molecule has 0 aliphatic carbocycles. The molecule has 3 aromatic carbocycles. The molecule has 0 amide bonds. The molecule has 0 atom stereocenters. The molecule has 3 aromatic rings. The van der Waals surface area contributed by atoms with E-state index in [-0.39, 0.29) is 11.5 Å². The zero-order chi connectivity index (χ0) is 22.4. The lowest BCUT2D eigenvalue weighted by Crippen LogP contribution is -2.04. The molecule has 0 aliphatic heterocycles. The van der Waals surface area contributed by atoms with Crippen LogP contribution in [0.25, 0.3) is 6.08 Å². The molecule has 0 N–H and O–H groups in total. The number of sulfone groups is 1. The van der Waals surface area contributed by atoms with E-state index in [1.165, 1.54) is 37.5 Å². The molecular weight excluding hydrogens is 502 g/mol. The van der Waals surface area contributed by atoms with Gasteiger partial charge in [-0.1, -0.05) is 51.8 Å². The molecule has 0 radical (unpaired) electrons. The number of benzene rings is 3. The summed E-state index contributed by atoms with van der Waals surface area (Å²) in [5.41, 5.74) is 1.32. The summed E-state index contributed by atoms with van der Waals surface area (Å²) in [5.74, 6) is 0.763. The van der Waals surface area contributed by atoms with Gasteiger partial charge in [-0.05, 0) is 54.1 Å². The van der Waals surface area contributed by atoms with Crippen LogP contribution >= 0.6 is 27.5 Å². The van der Waals surface area contributed by atoms with Gasteiger partial charge in [0.25, 0.3) is 0 Å². The van der Waals surface area contributed by atoms with Crippen molar-refractivity contribution in [1.29, 1.82) is 5.26 Å². The molecule has 0 spiro atoms. The Bertz CT molecular complexity index is 1250. The second kappa shape index (κ2) is 10.0. The number of hydrogen-bond acceptors (Lipinski definition) is 5. The van der Waals surface area contributed by atoms with E-state index in [0.29, 0.717) is 22.1 Å². The van der Waals surface area contributed by atoms with Gasteiger partial charge < -0.3 is 9.47 Å². The van der Waals surface area contributed by atoms with Crippen LogP contribution in [0.15, 0.2) is 81.0 Å². The van der Waals surface area contributed by atoms with Crippen molar-refractivity contribution in [3.8, 4) is 17.6 Å². The second-order valence-corrected chi connectivity index (χ2v) is 9.64. The van der Waals surface area contributed by atoms with Crippen molar-refractivity contribution in [1.82, 2.24) is 0 Å². The predicted molar refractivity (Wildman–Crippen MR) is 124 cm³/mol. The van der Waals surface area contributed by atoms with E-state index in [1.807, 2.05) is 24.3 Å². The van der Waals surface area contributed by atoms with Crippen LogP contribution in [0.4, 0.5) is 0 Å². The first-order valence-electron chi connectivity index (χ1n) is 9.02. The van der Waals surface area contributed by atoms with E-state index in [1.54, 1.807) is 24.3 Å². The summed E-state index contributed by atoms with van der Waals surface area (Å²) < 4.78 is 38.2. The standard InChI is InChI=1S/C23H17BrClNO4S/c1-29-22-4-2-3-17(23(22)30-15-16-5-7-18(24)8-6-16)13-21(14-26)31(27,28)20-11-9-19(25)10-12-20/h2-13H,15H2,1H3. The zero-order valence-electron chi connectivity index (χ0n) is 16.4. The third-order valence-corrected chi connectivity index (χ3v) is 6.80. The van der Waals surface area contributed by atoms with Gasteiger partial charge in [0.15, 0.2) is 11.5 Å². The minimum Gasteiger partial charge on any atom is -0.493 e. The van der Waals surface area contributed by atoms with Crippen LogP contribution in [0, 0.1) is 11.3 Å². The van der Waals surface area contributed by atoms with Gasteiger partial charge in [-0.2, -0.15) is 5.26 Å². The largest absolute Gasteiger partial charge is 0.493 e. The number of nitriles is 1. The Morgan fingerprint density at radius 2 is 1.77 bits per heavy atom. The van der Waals surface area contributed by atoms with Crippen molar-refractivity contribution >= 4 is 43.4 Å². The number of para-hydroxylation sites is 1. The molecule has 0 aliphatic rings. The molecule has 0 fully saturated rings. The highest BCUT2D eigenvalue weighted by atomic mass is 79.9. The molecule has 31 heavy (non-hydrogen) atoms. The Labute approximate surface area is 194 Å². The Kier molecular flexibility index (Phi) is 7.39. The van der Waals surface area contributed by atoms with Crippen LogP contribution in [0.1, 0.15) is 11.1 Å². The molecule has 0 unspecified atom stereocenters. The number of ether oxygens (including phenoxy) is 2. The minimum absolute atomic E-state index is 0.0232. The van der Waals surface area contributed by atoms with Crippen molar-refractivity contribution in [2.45, 2.75) is 11.5 Å². The van der Waals surface area contributed by atoms with Crippen molar-refractivity contribution in [2.75, 3.05) is 7.11 Å². The molecule has 0 heterocycles. The highest BCUT2D eigenvalue weighted by Gasteiger charge is 2.22. The Morgan fingerprint density at radius 1 is 1.10 bits per heavy atom. The van der Waals surface area contributed by atoms with Gasteiger partial charge in [0, 0.05) is 15.1 Å². The third-order valence-electron chi connectivity index (χ3n) is 4.34. The van der Waals surface area contributed by atoms with Gasteiger partial charge in [-0.25, -0.2) is 8.42 Å². The number of hydrogen-bond donors (Lipinski definition) is 0. The average Bonchev–Trinajstić information content (AvgIpc) is 2.77. The van der Waals surface area contributed by atoms with Gasteiger partial charge >= 0.3 is 0 Å². The minimum atomic E-state index is -4.03. The van der Waals surface area contributed by atoms with Gasteiger partial charge in [-0.3, -0.25) is 0 Å². The first kappa shape index (κ1) is 22.9. The topological polar surface area (TPSA) is 76.4 Å². The summed E-state index contributed by atoms with van der Waals surface area (Å²) in [6, 6.07) is 20.1. The number of methoxy groups -OCH3 is 1. The van der Waals surface area contributed by atoms with Crippen molar-refractivity contribution in [3.05, 3.63) is 92.3 Å². The molecule has 158 valence electrons. The van der Waals surface area contributed by atoms with Crippen LogP contribution in [-0.2, 0) is 16.4 Å². The maximum atomic E-state index is 12.9. The molecule has 0 aromatic heterocycles. The fourth-order valence-corrected chi connectivity index (χ4v) is 4.29. The SMILES string of the molecule is COc1cccc(C=C(C#N)S(=O)(=O)c2ccc(Cl)cc2)c1OCc1ccc(Br)cc1. The van der Waals surface area contributed by atoms with E-state index >= 15 is 0 Å². The van der Waals surface area contributed by atoms with Crippen LogP contribution in [0.5, 0.6) is 11.5 Å². The predicted octanol–water partition coefficient (Wildman–Crippen LogP) is 6.03. The normalized spacial score (nSPS) is 11.6. The van der Waals surface area contributed by atoms with Gasteiger partial charge in [-0.15, -0.1) is 0 Å². The zero-order valence-corrected chi connectivity index (χ0v) is 19.5. The average molecular weight is 519 g/mol. The molecule has 3 rings (SSSR count). The van der Waals surface area contributed by atoms with Gasteiger partial charge in [0.1, 0.15) is 17.6 Å². The molecule has 0 saturated carbocycles. The molecule has 8 heteroatoms. The molecular formula is C23H17BrClNO4S. The lowest BCUT2D eigenvalue weighted by atomic mass is 10.1. The molecule has 5 nitrogen and oxygen atoms in total. The lowest BCUT2D eigenvalue weighted by molar-refractivity contribution is 0.284. The van der Waals surface area contributed by atoms with Crippen molar-refractivity contribution in [2.24, 2.45) is 0 Å². The summed E-state index contributed by atoms with van der Waals surface area (Å²) >= 11 is 9.23. The van der Waals surface area contributed by atoms with Crippen molar-refractivity contribution < 1.29 is 17.9 Å². The summed E-state index contributed by atoms with van der Waals surface area (Å²) in [6.45, 7) is 0.236. The number of allylic oxidation sites excluding steroid dienone is 1. The summed E-state index contributed by atoms with van der Waals surface area (Å²) in [5, 5.41) is 9.99. The summed E-state index contributed by atoms with van der Waals surface area (Å²) in [6.07, 6.45) is 1.28. The quantitative estimate of drug-likeness (QED) is 0.357. The summed E-state index contributed by atoms with van der Waals surface area (Å²) in [4.78, 5) is -0.443. The van der Waals surface area contributed by atoms with E-state index in [2.05, 4.69) is 15.9 Å². The first-order chi connectivity index (χ1) is 14.8. The molecule has 0 saturated heterocycles. The van der Waals surface area contributed by atoms with Crippen LogP contribution < -0.4 is 9.47 Å². The Hall–Kier alpha value is -2.79. The van der Waals surface area contributed by atoms with Crippen LogP contribution in [-0.4, -0.2) is 15.5 Å². The maximum absolute atomic E-state index is 12.9. The second-order valence-electron chi connectivity index (χ2n) is 6.37. The number of halogens is 2. The lowest BCUT2D eigenvalue weighted by Gasteiger charge is -2.14. The smallest absolute Gasteiger partial charge is 0.216 e. The van der Waals surface area contributed by atoms with E-state index in [0.717, 1.165) is 10.0 Å². The number of rotatable bonds is 7.